The van der Waals surface area contributed by atoms with E-state index in [-0.39, 0.29) is 12.3 Å². The van der Waals surface area contributed by atoms with Crippen LogP contribution in [0, 0.1) is 5.41 Å². The highest BCUT2D eigenvalue weighted by Gasteiger charge is 2.61. The van der Waals surface area contributed by atoms with Gasteiger partial charge in [-0.15, -0.1) is 0 Å². The lowest BCUT2D eigenvalue weighted by Gasteiger charge is -2.55. The van der Waals surface area contributed by atoms with Gasteiger partial charge in [-0.2, -0.15) is 0 Å². The number of fused-ring (bicyclic) bond motifs is 1. The van der Waals surface area contributed by atoms with Gasteiger partial charge in [0.25, 0.3) is 0 Å². The summed E-state index contributed by atoms with van der Waals surface area (Å²) in [6.07, 6.45) is -0.290. The number of nitrogens with zero attached hydrogens (tertiary/aromatic N) is 1. The fourth-order valence-electron chi connectivity index (χ4n) is 3.18. The van der Waals surface area contributed by atoms with Gasteiger partial charge in [0.15, 0.2) is 0 Å². The van der Waals surface area contributed by atoms with Crippen molar-refractivity contribution in [2.24, 2.45) is 11.1 Å². The molecule has 1 fully saturated rings. The zero-order chi connectivity index (χ0) is 17.5. The molecule has 0 spiro atoms. The van der Waals surface area contributed by atoms with E-state index < -0.39 is 17.1 Å². The zero-order valence-electron chi connectivity index (χ0n) is 14.2. The van der Waals surface area contributed by atoms with Gasteiger partial charge in [0, 0.05) is 29.8 Å². The summed E-state index contributed by atoms with van der Waals surface area (Å²) in [4.78, 5) is 17.0. The van der Waals surface area contributed by atoms with E-state index in [4.69, 9.17) is 10.5 Å². The Morgan fingerprint density at radius 2 is 2.17 bits per heavy atom. The van der Waals surface area contributed by atoms with E-state index in [9.17, 15) is 9.90 Å². The van der Waals surface area contributed by atoms with Crippen LogP contribution >= 0.6 is 0 Å². The topological polar surface area (TPSA) is 97.5 Å². The summed E-state index contributed by atoms with van der Waals surface area (Å²) >= 11 is 0. The standard InChI is InChI=1S/C18H23N3O3/c1-17(2)14(22)9-18(17,19)16(23)20-10-11-8-15(24-3)21-13-7-5-4-6-12(11)13/h4-8,14,22H,9-10,19H2,1-3H3,(H,20,23)/t14-,18-/m0/s1. The van der Waals surface area contributed by atoms with E-state index in [1.54, 1.807) is 7.11 Å². The molecule has 0 radical (unpaired) electrons. The Morgan fingerprint density at radius 3 is 2.79 bits per heavy atom. The number of aliphatic hydroxyl groups excluding tert-OH is 1. The van der Waals surface area contributed by atoms with Crippen LogP contribution in [-0.4, -0.2) is 34.8 Å². The monoisotopic (exact) mass is 329 g/mol. The molecule has 1 aromatic heterocycles. The molecule has 1 aromatic carbocycles. The van der Waals surface area contributed by atoms with Gasteiger partial charge in [-0.3, -0.25) is 4.79 Å². The van der Waals surface area contributed by atoms with Crippen molar-refractivity contribution in [1.29, 1.82) is 0 Å². The first kappa shape index (κ1) is 16.7. The third kappa shape index (κ3) is 2.42. The first-order chi connectivity index (χ1) is 11.3. The predicted molar refractivity (Wildman–Crippen MR) is 91.5 cm³/mol. The minimum absolute atomic E-state index is 0.252. The summed E-state index contributed by atoms with van der Waals surface area (Å²) in [5.74, 6) is 0.248. The predicted octanol–water partition coefficient (Wildman–Crippen LogP) is 1.35. The van der Waals surface area contributed by atoms with E-state index in [1.165, 1.54) is 0 Å². The van der Waals surface area contributed by atoms with Crippen molar-refractivity contribution in [1.82, 2.24) is 10.3 Å². The minimum Gasteiger partial charge on any atom is -0.481 e. The number of carbonyl (C=O) groups is 1. The van der Waals surface area contributed by atoms with Gasteiger partial charge < -0.3 is 20.9 Å². The lowest BCUT2D eigenvalue weighted by atomic mass is 9.54. The molecule has 0 saturated heterocycles. The van der Waals surface area contributed by atoms with E-state index in [0.29, 0.717) is 12.4 Å². The lowest BCUT2D eigenvalue weighted by molar-refractivity contribution is -0.158. The van der Waals surface area contributed by atoms with Crippen molar-refractivity contribution in [2.45, 2.75) is 38.5 Å². The number of nitrogens with one attached hydrogen (secondary N) is 1. The average Bonchev–Trinajstić information content (AvgIpc) is 2.58. The number of para-hydroxylation sites is 1. The van der Waals surface area contributed by atoms with Gasteiger partial charge in [-0.05, 0) is 11.6 Å². The number of hydrogen-bond acceptors (Lipinski definition) is 5. The summed E-state index contributed by atoms with van der Waals surface area (Å²) in [5, 5.41) is 13.7. The maximum absolute atomic E-state index is 12.6. The number of rotatable bonds is 4. The fraction of sp³-hybridized carbons (Fsp3) is 0.444. The molecule has 0 bridgehead atoms. The smallest absolute Gasteiger partial charge is 0.241 e. The molecule has 0 aliphatic heterocycles. The number of benzene rings is 1. The number of hydrogen-bond donors (Lipinski definition) is 3. The van der Waals surface area contributed by atoms with Crippen molar-refractivity contribution in [3.8, 4) is 5.88 Å². The molecule has 1 amide bonds. The van der Waals surface area contributed by atoms with Gasteiger partial charge in [0.2, 0.25) is 11.8 Å². The van der Waals surface area contributed by atoms with Crippen LogP contribution in [0.1, 0.15) is 25.8 Å². The van der Waals surface area contributed by atoms with Gasteiger partial charge in [-0.25, -0.2) is 4.98 Å². The maximum atomic E-state index is 12.6. The largest absolute Gasteiger partial charge is 0.481 e. The van der Waals surface area contributed by atoms with E-state index in [2.05, 4.69) is 10.3 Å². The molecule has 3 rings (SSSR count). The summed E-state index contributed by atoms with van der Waals surface area (Å²) in [7, 11) is 1.56. The van der Waals surface area contributed by atoms with E-state index in [1.807, 2.05) is 44.2 Å². The quantitative estimate of drug-likeness (QED) is 0.786. The second-order valence-corrected chi connectivity index (χ2v) is 6.94. The molecule has 4 N–H and O–H groups in total. The van der Waals surface area contributed by atoms with Crippen LogP contribution in [-0.2, 0) is 11.3 Å². The van der Waals surface area contributed by atoms with E-state index >= 15 is 0 Å². The molecule has 1 heterocycles. The number of aromatic nitrogens is 1. The van der Waals surface area contributed by atoms with Crippen LogP contribution in [0.4, 0.5) is 0 Å². The number of methoxy groups -OCH3 is 1. The zero-order valence-corrected chi connectivity index (χ0v) is 14.2. The Bertz CT molecular complexity index is 790. The summed E-state index contributed by atoms with van der Waals surface area (Å²) < 4.78 is 5.23. The first-order valence-electron chi connectivity index (χ1n) is 7.97. The molecule has 1 saturated carbocycles. The van der Waals surface area contributed by atoms with Crippen molar-refractivity contribution >= 4 is 16.8 Å². The SMILES string of the molecule is COc1cc(CNC(=O)[C@@]2(N)C[C@H](O)C2(C)C)c2ccccc2n1. The Balaban J connectivity index is 1.82. The first-order valence-corrected chi connectivity index (χ1v) is 7.97. The highest BCUT2D eigenvalue weighted by atomic mass is 16.5. The van der Waals surface area contributed by atoms with Gasteiger partial charge in [0.05, 0.1) is 18.7 Å². The second-order valence-electron chi connectivity index (χ2n) is 6.94. The molecule has 0 unspecified atom stereocenters. The Labute approximate surface area is 141 Å². The maximum Gasteiger partial charge on any atom is 0.241 e. The number of aliphatic hydroxyl groups is 1. The van der Waals surface area contributed by atoms with Gasteiger partial charge in [0.1, 0.15) is 5.54 Å². The molecule has 2 atom stereocenters. The molecule has 24 heavy (non-hydrogen) atoms. The van der Waals surface area contributed by atoms with Crippen LogP contribution in [0.2, 0.25) is 0 Å². The van der Waals surface area contributed by atoms with Crippen LogP contribution in [0.5, 0.6) is 5.88 Å². The summed E-state index contributed by atoms with van der Waals surface area (Å²) in [6.45, 7) is 3.95. The van der Waals surface area contributed by atoms with Gasteiger partial charge >= 0.3 is 0 Å². The Hall–Kier alpha value is -2.18. The highest BCUT2D eigenvalue weighted by molar-refractivity contribution is 5.89. The summed E-state index contributed by atoms with van der Waals surface area (Å²) in [5.41, 5.74) is 6.26. The third-order valence-electron chi connectivity index (χ3n) is 5.33. The second kappa shape index (κ2) is 5.72. The van der Waals surface area contributed by atoms with Crippen LogP contribution in [0.25, 0.3) is 10.9 Å². The number of pyridine rings is 1. The molecule has 1 aliphatic carbocycles. The number of ether oxygens (including phenoxy) is 1. The fourth-order valence-corrected chi connectivity index (χ4v) is 3.18. The molecule has 6 heteroatoms. The van der Waals surface area contributed by atoms with Crippen LogP contribution < -0.4 is 15.8 Å². The van der Waals surface area contributed by atoms with Gasteiger partial charge in [-0.1, -0.05) is 32.0 Å². The average molecular weight is 329 g/mol. The molecule has 1 aliphatic rings. The van der Waals surface area contributed by atoms with Crippen LogP contribution in [0.15, 0.2) is 30.3 Å². The molecular formula is C18H23N3O3. The van der Waals surface area contributed by atoms with E-state index in [0.717, 1.165) is 16.5 Å². The number of amides is 1. The minimum atomic E-state index is -1.06. The van der Waals surface area contributed by atoms with Crippen molar-refractivity contribution in [2.75, 3.05) is 7.11 Å². The van der Waals surface area contributed by atoms with Crippen LogP contribution in [0.3, 0.4) is 0 Å². The van der Waals surface area contributed by atoms with Crippen molar-refractivity contribution in [3.63, 3.8) is 0 Å². The Kier molecular flexibility index (Phi) is 3.97. The molecular weight excluding hydrogens is 306 g/mol. The normalized spacial score (nSPS) is 25.1. The van der Waals surface area contributed by atoms with Crippen molar-refractivity contribution < 1.29 is 14.6 Å². The molecule has 128 valence electrons. The number of carbonyl (C=O) groups excluding carboxylic acids is 1. The lowest BCUT2D eigenvalue weighted by Crippen LogP contribution is -2.75. The third-order valence-corrected chi connectivity index (χ3v) is 5.33. The molecule has 6 nitrogen and oxygen atoms in total. The molecule has 2 aromatic rings. The highest BCUT2D eigenvalue weighted by Crippen LogP contribution is 2.48. The van der Waals surface area contributed by atoms with Crippen molar-refractivity contribution in [3.05, 3.63) is 35.9 Å². The Morgan fingerprint density at radius 1 is 1.46 bits per heavy atom. The number of nitrogens with two attached hydrogens (primary N) is 1. The summed E-state index contributed by atoms with van der Waals surface area (Å²) in [6, 6.07) is 9.51.